The Hall–Kier alpha value is -4.41. The average Bonchev–Trinajstić information content (AvgIpc) is 2.97. The molecule has 10 heteroatoms. The third-order valence-corrected chi connectivity index (χ3v) is 6.95. The van der Waals surface area contributed by atoms with E-state index >= 15 is 0 Å². The Kier molecular flexibility index (Phi) is 9.71. The summed E-state index contributed by atoms with van der Waals surface area (Å²) >= 11 is 0. The van der Waals surface area contributed by atoms with E-state index in [1.165, 1.54) is 54.0 Å². The largest absolute Gasteiger partial charge is 0.733 e. The molecule has 2 amide bonds. The molecule has 0 heterocycles. The summed E-state index contributed by atoms with van der Waals surface area (Å²) in [5.41, 5.74) is 3.00. The number of hydrogen-bond acceptors (Lipinski definition) is 7. The van der Waals surface area contributed by atoms with Gasteiger partial charge in [0.2, 0.25) is 0 Å². The molecule has 0 unspecified atom stereocenters. The third kappa shape index (κ3) is 7.81. The van der Waals surface area contributed by atoms with Crippen molar-refractivity contribution in [3.63, 3.8) is 0 Å². The fourth-order valence-corrected chi connectivity index (χ4v) is 4.75. The lowest BCUT2D eigenvalue weighted by molar-refractivity contribution is -0.136. The SMILES string of the molecule is O=C(O)CCNC(=O)c1ccc(CN(C(=O)Oc2ccc(N([O-])O)cc2)c2ccc(C3CCCCC3)cc2)cc1. The van der Waals surface area contributed by atoms with Gasteiger partial charge in [0.15, 0.2) is 0 Å². The molecule has 0 aromatic heterocycles. The Morgan fingerprint density at radius 3 is 2.10 bits per heavy atom. The number of carboxylic acids is 1. The van der Waals surface area contributed by atoms with Crippen LogP contribution in [0.1, 0.15) is 65.9 Å². The van der Waals surface area contributed by atoms with E-state index in [-0.39, 0.29) is 42.1 Å². The van der Waals surface area contributed by atoms with E-state index in [1.807, 2.05) is 12.1 Å². The van der Waals surface area contributed by atoms with Crippen LogP contribution in [0.3, 0.4) is 0 Å². The highest BCUT2D eigenvalue weighted by Gasteiger charge is 2.21. The van der Waals surface area contributed by atoms with Gasteiger partial charge in [-0.05, 0) is 78.4 Å². The summed E-state index contributed by atoms with van der Waals surface area (Å²) in [4.78, 5) is 37.8. The van der Waals surface area contributed by atoms with Gasteiger partial charge in [-0.3, -0.25) is 19.7 Å². The summed E-state index contributed by atoms with van der Waals surface area (Å²) in [7, 11) is 0. The molecule has 10 nitrogen and oxygen atoms in total. The standard InChI is InChI=1S/C30H32N3O7/c34-28(35)18-19-31-29(36)24-8-6-21(7-9-24)20-32(30(37)40-27-16-14-26(15-17-27)33(38)39)25-12-10-23(11-13-25)22-4-2-1-3-5-22/h6-17,22,38H,1-5,18-20H2,(H,31,36)(H,34,35)/q-1. The topological polar surface area (TPSA) is 142 Å². The number of amides is 2. The van der Waals surface area contributed by atoms with Crippen molar-refractivity contribution < 1.29 is 29.4 Å². The summed E-state index contributed by atoms with van der Waals surface area (Å²) in [5.74, 6) is -0.660. The highest BCUT2D eigenvalue weighted by atomic mass is 16.8. The van der Waals surface area contributed by atoms with Crippen molar-refractivity contribution in [3.8, 4) is 5.75 Å². The lowest BCUT2D eigenvalue weighted by atomic mass is 9.84. The minimum atomic E-state index is -0.994. The molecule has 4 rings (SSSR count). The van der Waals surface area contributed by atoms with Crippen LogP contribution in [0, 0.1) is 5.21 Å². The predicted octanol–water partition coefficient (Wildman–Crippen LogP) is 5.84. The minimum absolute atomic E-state index is 0.00189. The maximum absolute atomic E-state index is 13.3. The lowest BCUT2D eigenvalue weighted by Crippen LogP contribution is -2.33. The van der Waals surface area contributed by atoms with E-state index in [1.54, 1.807) is 24.3 Å². The number of anilines is 2. The van der Waals surface area contributed by atoms with Crippen molar-refractivity contribution >= 4 is 29.3 Å². The van der Waals surface area contributed by atoms with Crippen LogP contribution in [0.5, 0.6) is 5.75 Å². The van der Waals surface area contributed by atoms with Gasteiger partial charge in [0, 0.05) is 17.8 Å². The predicted molar refractivity (Wildman–Crippen MR) is 150 cm³/mol. The zero-order valence-corrected chi connectivity index (χ0v) is 22.0. The number of carbonyl (C=O) groups is 3. The first-order valence-corrected chi connectivity index (χ1v) is 13.2. The zero-order chi connectivity index (χ0) is 28.5. The van der Waals surface area contributed by atoms with Crippen molar-refractivity contribution in [2.24, 2.45) is 0 Å². The van der Waals surface area contributed by atoms with E-state index in [0.717, 1.165) is 18.4 Å². The quantitative estimate of drug-likeness (QED) is 0.269. The van der Waals surface area contributed by atoms with Crippen LogP contribution in [0.2, 0.25) is 0 Å². The van der Waals surface area contributed by atoms with Gasteiger partial charge in [0.05, 0.1) is 18.7 Å². The van der Waals surface area contributed by atoms with Crippen LogP contribution < -0.4 is 20.2 Å². The van der Waals surface area contributed by atoms with E-state index in [2.05, 4.69) is 17.4 Å². The van der Waals surface area contributed by atoms with Crippen LogP contribution >= 0.6 is 0 Å². The Balaban J connectivity index is 1.51. The number of hydrogen-bond donors (Lipinski definition) is 3. The van der Waals surface area contributed by atoms with E-state index < -0.39 is 12.1 Å². The minimum Gasteiger partial charge on any atom is -0.733 e. The summed E-state index contributed by atoms with van der Waals surface area (Å²) in [6.45, 7) is 0.185. The summed E-state index contributed by atoms with van der Waals surface area (Å²) in [6, 6.07) is 20.1. The van der Waals surface area contributed by atoms with Gasteiger partial charge in [0.1, 0.15) is 5.75 Å². The van der Waals surface area contributed by atoms with Crippen molar-refractivity contribution in [2.75, 3.05) is 16.7 Å². The fourth-order valence-electron chi connectivity index (χ4n) is 4.75. The number of aliphatic carboxylic acids is 1. The molecule has 0 radical (unpaired) electrons. The van der Waals surface area contributed by atoms with Gasteiger partial charge < -0.3 is 25.6 Å². The molecule has 3 aromatic rings. The molecule has 1 aliphatic rings. The van der Waals surface area contributed by atoms with E-state index in [4.69, 9.17) is 15.1 Å². The van der Waals surface area contributed by atoms with Gasteiger partial charge in [0.25, 0.3) is 5.91 Å². The Morgan fingerprint density at radius 1 is 0.875 bits per heavy atom. The molecule has 0 spiro atoms. The summed E-state index contributed by atoms with van der Waals surface area (Å²) in [5, 5.41) is 31.1. The van der Waals surface area contributed by atoms with Gasteiger partial charge in [-0.2, -0.15) is 0 Å². The Morgan fingerprint density at radius 2 is 1.50 bits per heavy atom. The maximum Gasteiger partial charge on any atom is 0.420 e. The molecule has 40 heavy (non-hydrogen) atoms. The first kappa shape index (κ1) is 28.6. The molecule has 3 aromatic carbocycles. The number of nitrogens with one attached hydrogen (secondary N) is 1. The third-order valence-electron chi connectivity index (χ3n) is 6.95. The first-order chi connectivity index (χ1) is 19.3. The van der Waals surface area contributed by atoms with Gasteiger partial charge in [-0.15, -0.1) is 0 Å². The zero-order valence-electron chi connectivity index (χ0n) is 22.0. The van der Waals surface area contributed by atoms with Gasteiger partial charge in [-0.1, -0.05) is 43.5 Å². The molecule has 0 saturated heterocycles. The molecule has 0 atom stereocenters. The van der Waals surface area contributed by atoms with Crippen LogP contribution in [0.4, 0.5) is 16.2 Å². The van der Waals surface area contributed by atoms with Crippen molar-refractivity contribution in [1.82, 2.24) is 5.32 Å². The molecule has 1 fully saturated rings. The maximum atomic E-state index is 13.3. The molecular weight excluding hydrogens is 514 g/mol. The highest BCUT2D eigenvalue weighted by molar-refractivity contribution is 5.94. The van der Waals surface area contributed by atoms with Crippen LogP contribution in [-0.4, -0.2) is 34.8 Å². The number of benzene rings is 3. The molecular formula is C30H32N3O7-. The molecule has 1 aliphatic carbocycles. The Bertz CT molecular complexity index is 1290. The number of carboxylic acid groups (broad SMARTS) is 1. The second-order valence-electron chi connectivity index (χ2n) is 9.74. The van der Waals surface area contributed by atoms with E-state index in [9.17, 15) is 19.6 Å². The summed E-state index contributed by atoms with van der Waals surface area (Å²) < 4.78 is 5.58. The number of rotatable bonds is 10. The monoisotopic (exact) mass is 546 g/mol. The molecule has 0 bridgehead atoms. The molecule has 1 saturated carbocycles. The highest BCUT2D eigenvalue weighted by Crippen LogP contribution is 2.33. The van der Waals surface area contributed by atoms with Gasteiger partial charge >= 0.3 is 12.1 Å². The number of nitrogens with zero attached hydrogens (tertiary/aromatic N) is 2. The normalized spacial score (nSPS) is 13.3. The van der Waals surface area contributed by atoms with Crippen molar-refractivity contribution in [1.29, 1.82) is 0 Å². The van der Waals surface area contributed by atoms with Crippen molar-refractivity contribution in [2.45, 2.75) is 51.0 Å². The fraction of sp³-hybridized carbons (Fsp3) is 0.300. The van der Waals surface area contributed by atoms with Crippen LogP contribution in [-0.2, 0) is 11.3 Å². The summed E-state index contributed by atoms with van der Waals surface area (Å²) in [6.07, 6.45) is 5.21. The first-order valence-electron chi connectivity index (χ1n) is 13.2. The second-order valence-corrected chi connectivity index (χ2v) is 9.74. The lowest BCUT2D eigenvalue weighted by Gasteiger charge is -2.25. The van der Waals surface area contributed by atoms with Crippen LogP contribution in [0.15, 0.2) is 72.8 Å². The number of ether oxygens (including phenoxy) is 1. The second kappa shape index (κ2) is 13.6. The number of carbonyl (C=O) groups excluding carboxylic acids is 2. The molecule has 0 aliphatic heterocycles. The van der Waals surface area contributed by atoms with Crippen LogP contribution in [0.25, 0.3) is 0 Å². The van der Waals surface area contributed by atoms with Crippen molar-refractivity contribution in [3.05, 3.63) is 94.7 Å². The molecule has 210 valence electrons. The Labute approximate surface area is 232 Å². The average molecular weight is 547 g/mol. The molecule has 3 N–H and O–H groups in total. The van der Waals surface area contributed by atoms with Gasteiger partial charge in [-0.25, -0.2) is 4.79 Å². The smallest absolute Gasteiger partial charge is 0.420 e. The van der Waals surface area contributed by atoms with E-state index in [0.29, 0.717) is 17.2 Å².